The number of urea groups is 1. The van der Waals surface area contributed by atoms with E-state index in [4.69, 9.17) is 0 Å². The molecular weight excluding hydrogens is 318 g/mol. The van der Waals surface area contributed by atoms with Crippen LogP contribution in [0.4, 0.5) is 4.79 Å². The van der Waals surface area contributed by atoms with Crippen LogP contribution in [0.5, 0.6) is 0 Å². The number of hydrogen-bond donors (Lipinski definition) is 2. The number of nitrogens with one attached hydrogen (secondary N) is 2. The van der Waals surface area contributed by atoms with E-state index in [1.54, 1.807) is 4.90 Å². The van der Waals surface area contributed by atoms with Gasteiger partial charge in [-0.1, -0.05) is 12.1 Å². The number of rotatable bonds is 2. The normalized spacial score (nSPS) is 20.8. The highest BCUT2D eigenvalue weighted by molar-refractivity contribution is 6.04. The number of benzene rings is 1. The van der Waals surface area contributed by atoms with Gasteiger partial charge < -0.3 is 15.2 Å². The van der Waals surface area contributed by atoms with Crippen LogP contribution in [0.1, 0.15) is 36.3 Å². The predicted octanol–water partition coefficient (Wildman–Crippen LogP) is 1.97. The molecule has 3 amide bonds. The van der Waals surface area contributed by atoms with Crippen LogP contribution >= 0.6 is 0 Å². The van der Waals surface area contributed by atoms with Crippen LogP contribution in [0.2, 0.25) is 0 Å². The second kappa shape index (κ2) is 6.84. The number of para-hydroxylation sites is 2. The molecule has 1 atom stereocenters. The Kier molecular flexibility index (Phi) is 4.40. The molecule has 2 saturated heterocycles. The van der Waals surface area contributed by atoms with E-state index in [1.165, 1.54) is 4.90 Å². The summed E-state index contributed by atoms with van der Waals surface area (Å²) in [6.07, 6.45) is 3.79. The number of H-pyrrole nitrogens is 1. The summed E-state index contributed by atoms with van der Waals surface area (Å²) in [5, 5.41) is 3.30. The third-order valence-electron chi connectivity index (χ3n) is 5.03. The van der Waals surface area contributed by atoms with E-state index in [0.717, 1.165) is 56.4 Å². The van der Waals surface area contributed by atoms with Crippen LogP contribution in [-0.2, 0) is 0 Å². The van der Waals surface area contributed by atoms with Crippen molar-refractivity contribution in [1.82, 2.24) is 25.1 Å². The number of amides is 3. The SMILES string of the molecule is O=C(c1nc2ccccc2[nH]1)N(C(=O)N1CCCC1)C1CCCNC1. The van der Waals surface area contributed by atoms with E-state index < -0.39 is 0 Å². The molecular formula is C18H23N5O2. The minimum Gasteiger partial charge on any atom is -0.334 e. The first-order chi connectivity index (χ1) is 12.2. The standard InChI is InChI=1S/C18H23N5O2/c24-17(16-20-14-7-1-2-8-15(14)21-16)23(13-6-5-9-19-12-13)18(25)22-10-3-4-11-22/h1-2,7-8,13,19H,3-6,9-12H2,(H,20,21). The zero-order valence-electron chi connectivity index (χ0n) is 14.2. The number of carbonyl (C=O) groups is 2. The third kappa shape index (κ3) is 3.11. The van der Waals surface area contributed by atoms with Crippen molar-refractivity contribution in [1.29, 1.82) is 0 Å². The summed E-state index contributed by atoms with van der Waals surface area (Å²) in [6.45, 7) is 3.03. The molecule has 0 bridgehead atoms. The first-order valence-corrected chi connectivity index (χ1v) is 9.02. The second-order valence-electron chi connectivity index (χ2n) is 6.75. The molecule has 0 radical (unpaired) electrons. The van der Waals surface area contributed by atoms with Crippen LogP contribution in [0.15, 0.2) is 24.3 Å². The lowest BCUT2D eigenvalue weighted by molar-refractivity contribution is 0.0663. The Labute approximate surface area is 146 Å². The average molecular weight is 341 g/mol. The number of nitrogens with zero attached hydrogens (tertiary/aromatic N) is 3. The van der Waals surface area contributed by atoms with Gasteiger partial charge in [0.2, 0.25) is 0 Å². The Morgan fingerprint density at radius 2 is 1.96 bits per heavy atom. The first kappa shape index (κ1) is 16.1. The fourth-order valence-electron chi connectivity index (χ4n) is 3.69. The number of imidazole rings is 1. The summed E-state index contributed by atoms with van der Waals surface area (Å²) in [6, 6.07) is 7.22. The van der Waals surface area contributed by atoms with Crippen molar-refractivity contribution >= 4 is 23.0 Å². The van der Waals surface area contributed by atoms with Crippen molar-refractivity contribution in [3.05, 3.63) is 30.1 Å². The number of likely N-dealkylation sites (tertiary alicyclic amines) is 1. The summed E-state index contributed by atoms with van der Waals surface area (Å²) in [7, 11) is 0. The maximum Gasteiger partial charge on any atom is 0.327 e. The van der Waals surface area contributed by atoms with Gasteiger partial charge in [-0.3, -0.25) is 9.69 Å². The van der Waals surface area contributed by atoms with Crippen molar-refractivity contribution < 1.29 is 9.59 Å². The maximum absolute atomic E-state index is 13.2. The van der Waals surface area contributed by atoms with Crippen LogP contribution in [-0.4, -0.2) is 63.9 Å². The average Bonchev–Trinajstić information content (AvgIpc) is 3.32. The highest BCUT2D eigenvalue weighted by Crippen LogP contribution is 2.20. The first-order valence-electron chi connectivity index (χ1n) is 9.02. The second-order valence-corrected chi connectivity index (χ2v) is 6.75. The molecule has 0 saturated carbocycles. The Balaban J connectivity index is 1.65. The lowest BCUT2D eigenvalue weighted by Gasteiger charge is -2.35. The molecule has 132 valence electrons. The van der Waals surface area contributed by atoms with E-state index in [1.807, 2.05) is 24.3 Å². The van der Waals surface area contributed by atoms with Gasteiger partial charge >= 0.3 is 6.03 Å². The Hall–Kier alpha value is -2.41. The topological polar surface area (TPSA) is 81.3 Å². The highest BCUT2D eigenvalue weighted by atomic mass is 16.2. The van der Waals surface area contributed by atoms with E-state index >= 15 is 0 Å². The van der Waals surface area contributed by atoms with Gasteiger partial charge in [0.1, 0.15) is 0 Å². The van der Waals surface area contributed by atoms with Crippen LogP contribution < -0.4 is 5.32 Å². The fourth-order valence-corrected chi connectivity index (χ4v) is 3.69. The summed E-state index contributed by atoms with van der Waals surface area (Å²) in [5.41, 5.74) is 1.54. The number of hydrogen-bond acceptors (Lipinski definition) is 4. The summed E-state index contributed by atoms with van der Waals surface area (Å²) in [5.74, 6) is -0.0962. The van der Waals surface area contributed by atoms with Crippen LogP contribution in [0.25, 0.3) is 11.0 Å². The van der Waals surface area contributed by atoms with Gasteiger partial charge in [0.05, 0.1) is 17.1 Å². The molecule has 1 aromatic carbocycles. The Morgan fingerprint density at radius 3 is 2.68 bits per heavy atom. The lowest BCUT2D eigenvalue weighted by Crippen LogP contribution is -2.55. The van der Waals surface area contributed by atoms with Gasteiger partial charge in [-0.2, -0.15) is 0 Å². The molecule has 2 aliphatic heterocycles. The van der Waals surface area contributed by atoms with Crippen molar-refractivity contribution in [2.24, 2.45) is 0 Å². The fraction of sp³-hybridized carbons (Fsp3) is 0.500. The van der Waals surface area contributed by atoms with E-state index in [2.05, 4.69) is 15.3 Å². The van der Waals surface area contributed by atoms with E-state index in [0.29, 0.717) is 6.54 Å². The van der Waals surface area contributed by atoms with Crippen molar-refractivity contribution in [3.63, 3.8) is 0 Å². The third-order valence-corrected chi connectivity index (χ3v) is 5.03. The number of imide groups is 1. The largest absolute Gasteiger partial charge is 0.334 e. The van der Waals surface area contributed by atoms with E-state index in [-0.39, 0.29) is 23.8 Å². The molecule has 7 heteroatoms. The van der Waals surface area contributed by atoms with Gasteiger partial charge in [-0.15, -0.1) is 0 Å². The summed E-state index contributed by atoms with van der Waals surface area (Å²) in [4.78, 5) is 36.9. The molecule has 2 fully saturated rings. The molecule has 2 N–H and O–H groups in total. The number of aromatic amines is 1. The summed E-state index contributed by atoms with van der Waals surface area (Å²) >= 11 is 0. The Bertz CT molecular complexity index is 742. The predicted molar refractivity (Wildman–Crippen MR) is 94.4 cm³/mol. The van der Waals surface area contributed by atoms with Gasteiger partial charge in [-0.25, -0.2) is 9.78 Å². The maximum atomic E-state index is 13.2. The monoisotopic (exact) mass is 341 g/mol. The molecule has 1 unspecified atom stereocenters. The molecule has 25 heavy (non-hydrogen) atoms. The molecule has 2 aromatic rings. The van der Waals surface area contributed by atoms with Crippen LogP contribution in [0.3, 0.4) is 0 Å². The zero-order valence-corrected chi connectivity index (χ0v) is 14.2. The van der Waals surface area contributed by atoms with Crippen LogP contribution in [0, 0.1) is 0 Å². The molecule has 3 heterocycles. The smallest absolute Gasteiger partial charge is 0.327 e. The molecule has 4 rings (SSSR count). The van der Waals surface area contributed by atoms with Gasteiger partial charge in [0, 0.05) is 19.6 Å². The quantitative estimate of drug-likeness (QED) is 0.875. The minimum absolute atomic E-state index is 0.123. The van der Waals surface area contributed by atoms with Crippen molar-refractivity contribution in [2.45, 2.75) is 31.7 Å². The minimum atomic E-state index is -0.332. The zero-order chi connectivity index (χ0) is 17.2. The molecule has 7 nitrogen and oxygen atoms in total. The Morgan fingerprint density at radius 1 is 1.16 bits per heavy atom. The van der Waals surface area contributed by atoms with Crippen molar-refractivity contribution in [3.8, 4) is 0 Å². The molecule has 0 spiro atoms. The number of piperidine rings is 1. The molecule has 0 aliphatic carbocycles. The van der Waals surface area contributed by atoms with Gasteiger partial charge in [-0.05, 0) is 44.4 Å². The van der Waals surface area contributed by atoms with E-state index in [9.17, 15) is 9.59 Å². The van der Waals surface area contributed by atoms with Gasteiger partial charge in [0.15, 0.2) is 5.82 Å². The number of carbonyl (C=O) groups excluding carboxylic acids is 2. The number of fused-ring (bicyclic) bond motifs is 1. The highest BCUT2D eigenvalue weighted by Gasteiger charge is 2.36. The summed E-state index contributed by atoms with van der Waals surface area (Å²) < 4.78 is 0. The molecule has 2 aliphatic rings. The van der Waals surface area contributed by atoms with Gasteiger partial charge in [0.25, 0.3) is 5.91 Å². The lowest BCUT2D eigenvalue weighted by atomic mass is 10.1. The number of aromatic nitrogens is 2. The molecule has 1 aromatic heterocycles. The van der Waals surface area contributed by atoms with Crippen molar-refractivity contribution in [2.75, 3.05) is 26.2 Å².